The third kappa shape index (κ3) is 7.36. The number of nitrogens with zero attached hydrogens (tertiary/aromatic N) is 2. The first-order valence-electron chi connectivity index (χ1n) is 10.5. The van der Waals surface area contributed by atoms with E-state index in [-0.39, 0.29) is 0 Å². The second-order valence-corrected chi connectivity index (χ2v) is 7.96. The second kappa shape index (κ2) is 11.7. The molecule has 2 fully saturated rings. The Morgan fingerprint density at radius 1 is 0.917 bits per heavy atom. The van der Waals surface area contributed by atoms with E-state index >= 15 is 0 Å². The smallest absolute Gasteiger partial charge is 0.222 e. The van der Waals surface area contributed by atoms with Gasteiger partial charge in [0.05, 0.1) is 0 Å². The van der Waals surface area contributed by atoms with Crippen molar-refractivity contribution in [2.45, 2.75) is 89.9 Å². The fourth-order valence-electron chi connectivity index (χ4n) is 4.37. The molecule has 1 saturated carbocycles. The normalized spacial score (nSPS) is 26.8. The van der Waals surface area contributed by atoms with Gasteiger partial charge in [-0.15, -0.1) is 0 Å². The Hall–Kier alpha value is -0.860. The van der Waals surface area contributed by atoms with Crippen molar-refractivity contribution in [3.05, 3.63) is 0 Å². The first-order chi connectivity index (χ1) is 11.8. The van der Waals surface area contributed by atoms with E-state index in [0.717, 1.165) is 38.3 Å². The quantitative estimate of drug-likeness (QED) is 0.650. The fourth-order valence-corrected chi connectivity index (χ4v) is 4.37. The van der Waals surface area contributed by atoms with Crippen LogP contribution in [0.25, 0.3) is 0 Å². The second-order valence-electron chi connectivity index (χ2n) is 7.96. The minimum absolute atomic E-state index is 0.406. The lowest BCUT2D eigenvalue weighted by atomic mass is 9.94. The monoisotopic (exact) mass is 334 g/mol. The number of amides is 1. The summed E-state index contributed by atoms with van der Waals surface area (Å²) in [5.74, 6) is 1.70. The molecule has 2 aliphatic rings. The fraction of sp³-hybridized carbons (Fsp3) is 0.905. The zero-order valence-electron chi connectivity index (χ0n) is 15.8. The molecule has 1 saturated heterocycles. The predicted molar refractivity (Wildman–Crippen MR) is 103 cm³/mol. The van der Waals surface area contributed by atoms with Crippen LogP contribution >= 0.6 is 0 Å². The van der Waals surface area contributed by atoms with Crippen LogP contribution in [0.3, 0.4) is 0 Å². The molecule has 0 aromatic rings. The average Bonchev–Trinajstić information content (AvgIpc) is 2.71. The Bertz CT molecular complexity index is 370. The summed E-state index contributed by atoms with van der Waals surface area (Å²) in [7, 11) is 1.87. The maximum atomic E-state index is 12.7. The molecule has 1 heterocycles. The van der Waals surface area contributed by atoms with Gasteiger partial charge in [-0.3, -0.25) is 4.79 Å². The van der Waals surface area contributed by atoms with Crippen LogP contribution in [0.4, 0.5) is 0 Å². The van der Waals surface area contributed by atoms with E-state index in [9.17, 15) is 4.79 Å². The molecule has 1 aliphatic carbocycles. The summed E-state index contributed by atoms with van der Waals surface area (Å²) in [6, 6.07) is 0. The molecule has 3 heteroatoms. The van der Waals surface area contributed by atoms with Gasteiger partial charge in [0.2, 0.25) is 5.91 Å². The van der Waals surface area contributed by atoms with Gasteiger partial charge in [-0.2, -0.15) is 0 Å². The molecule has 0 bridgehead atoms. The highest BCUT2D eigenvalue weighted by molar-refractivity contribution is 5.76. The molecule has 0 aromatic carbocycles. The van der Waals surface area contributed by atoms with Crippen LogP contribution in [-0.4, -0.2) is 37.2 Å². The summed E-state index contributed by atoms with van der Waals surface area (Å²) in [6.45, 7) is 1.95. The highest BCUT2D eigenvalue weighted by Gasteiger charge is 2.21. The van der Waals surface area contributed by atoms with Crippen LogP contribution in [-0.2, 0) is 4.79 Å². The summed E-state index contributed by atoms with van der Waals surface area (Å²) in [4.78, 5) is 19.1. The van der Waals surface area contributed by atoms with Gasteiger partial charge in [-0.25, -0.2) is 0 Å². The molecule has 24 heavy (non-hydrogen) atoms. The molecule has 1 amide bonds. The Labute approximate surface area is 149 Å². The van der Waals surface area contributed by atoms with Gasteiger partial charge in [0.25, 0.3) is 0 Å². The summed E-state index contributed by atoms with van der Waals surface area (Å²) in [6.07, 6.45) is 19.7. The lowest BCUT2D eigenvalue weighted by Gasteiger charge is -2.30. The van der Waals surface area contributed by atoms with Gasteiger partial charge in [-0.05, 0) is 43.9 Å². The SMILES string of the molecule is CN=CC1CCCCCC(=O)N(CC2CCCCCCCC2)CC1. The molecule has 138 valence electrons. The van der Waals surface area contributed by atoms with Gasteiger partial charge < -0.3 is 9.89 Å². The van der Waals surface area contributed by atoms with E-state index in [4.69, 9.17) is 0 Å². The standard InChI is InChI=1S/C21H38N2O/c1-22-17-19-11-9-6-10-14-21(24)23(16-15-19)18-20-12-7-4-2-3-5-8-13-20/h17,19-20H,2-16,18H2,1H3. The Morgan fingerprint density at radius 2 is 1.54 bits per heavy atom. The lowest BCUT2D eigenvalue weighted by molar-refractivity contribution is -0.132. The number of aliphatic imine (C=N–C) groups is 1. The zero-order chi connectivity index (χ0) is 17.0. The van der Waals surface area contributed by atoms with Crippen LogP contribution in [0.2, 0.25) is 0 Å². The predicted octanol–water partition coefficient (Wildman–Crippen LogP) is 5.24. The van der Waals surface area contributed by atoms with Crippen LogP contribution in [0.1, 0.15) is 89.9 Å². The molecular weight excluding hydrogens is 296 g/mol. The Morgan fingerprint density at radius 3 is 2.25 bits per heavy atom. The number of carbonyl (C=O) groups excluding carboxylic acids is 1. The first kappa shape index (κ1) is 19.5. The van der Waals surface area contributed by atoms with Crippen molar-refractivity contribution >= 4 is 12.1 Å². The van der Waals surface area contributed by atoms with Gasteiger partial charge in [0.15, 0.2) is 0 Å². The maximum absolute atomic E-state index is 12.7. The minimum Gasteiger partial charge on any atom is -0.342 e. The van der Waals surface area contributed by atoms with Crippen molar-refractivity contribution in [3.63, 3.8) is 0 Å². The molecule has 0 aromatic heterocycles. The van der Waals surface area contributed by atoms with E-state index in [0.29, 0.717) is 11.8 Å². The van der Waals surface area contributed by atoms with E-state index in [1.807, 2.05) is 7.05 Å². The van der Waals surface area contributed by atoms with Crippen LogP contribution in [0.15, 0.2) is 4.99 Å². The molecule has 1 aliphatic heterocycles. The third-order valence-electron chi connectivity index (χ3n) is 5.90. The molecule has 0 spiro atoms. The van der Waals surface area contributed by atoms with Crippen molar-refractivity contribution in [1.29, 1.82) is 0 Å². The summed E-state index contributed by atoms with van der Waals surface area (Å²) in [5, 5.41) is 0. The van der Waals surface area contributed by atoms with Gasteiger partial charge in [-0.1, -0.05) is 51.4 Å². The third-order valence-corrected chi connectivity index (χ3v) is 5.90. The molecule has 2 rings (SSSR count). The molecule has 1 atom stereocenters. The van der Waals surface area contributed by atoms with Gasteiger partial charge >= 0.3 is 0 Å². The first-order valence-corrected chi connectivity index (χ1v) is 10.5. The number of hydrogen-bond donors (Lipinski definition) is 0. The number of rotatable bonds is 3. The van der Waals surface area contributed by atoms with Crippen LogP contribution in [0, 0.1) is 11.8 Å². The van der Waals surface area contributed by atoms with Crippen molar-refractivity contribution in [3.8, 4) is 0 Å². The number of carbonyl (C=O) groups is 1. The van der Waals surface area contributed by atoms with Gasteiger partial charge in [0, 0.05) is 32.8 Å². The maximum Gasteiger partial charge on any atom is 0.222 e. The Balaban J connectivity index is 1.92. The van der Waals surface area contributed by atoms with E-state index in [1.165, 1.54) is 70.6 Å². The lowest BCUT2D eigenvalue weighted by Crippen LogP contribution is -2.37. The Kier molecular flexibility index (Phi) is 9.45. The van der Waals surface area contributed by atoms with E-state index in [2.05, 4.69) is 16.1 Å². The summed E-state index contributed by atoms with van der Waals surface area (Å²) >= 11 is 0. The van der Waals surface area contributed by atoms with Crippen molar-refractivity contribution < 1.29 is 4.79 Å². The molecule has 0 N–H and O–H groups in total. The van der Waals surface area contributed by atoms with Crippen LogP contribution < -0.4 is 0 Å². The molecular formula is C21H38N2O. The summed E-state index contributed by atoms with van der Waals surface area (Å²) < 4.78 is 0. The van der Waals surface area contributed by atoms with Crippen molar-refractivity contribution in [1.82, 2.24) is 4.90 Å². The molecule has 3 nitrogen and oxygen atoms in total. The van der Waals surface area contributed by atoms with E-state index < -0.39 is 0 Å². The highest BCUT2D eigenvalue weighted by Crippen LogP contribution is 2.24. The number of hydrogen-bond acceptors (Lipinski definition) is 2. The van der Waals surface area contributed by atoms with Crippen LogP contribution in [0.5, 0.6) is 0 Å². The van der Waals surface area contributed by atoms with Crippen molar-refractivity contribution in [2.24, 2.45) is 16.8 Å². The van der Waals surface area contributed by atoms with Crippen molar-refractivity contribution in [2.75, 3.05) is 20.1 Å². The van der Waals surface area contributed by atoms with Gasteiger partial charge in [0.1, 0.15) is 0 Å². The van der Waals surface area contributed by atoms with E-state index in [1.54, 1.807) is 0 Å². The average molecular weight is 335 g/mol. The molecule has 0 radical (unpaired) electrons. The minimum atomic E-state index is 0.406. The topological polar surface area (TPSA) is 32.7 Å². The largest absolute Gasteiger partial charge is 0.342 e. The molecule has 1 unspecified atom stereocenters. The zero-order valence-corrected chi connectivity index (χ0v) is 15.8. The summed E-state index contributed by atoms with van der Waals surface area (Å²) in [5.41, 5.74) is 0. The highest BCUT2D eigenvalue weighted by atomic mass is 16.2.